The van der Waals surface area contributed by atoms with E-state index in [1.807, 2.05) is 18.4 Å². The Balaban J connectivity index is 2.05. The molecule has 1 N–H and O–H groups in total. The van der Waals surface area contributed by atoms with Gasteiger partial charge in [0.2, 0.25) is 0 Å². The number of hydrogen-bond acceptors (Lipinski definition) is 3. The largest absolute Gasteiger partial charge is 0.347 e. The summed E-state index contributed by atoms with van der Waals surface area (Å²) in [4.78, 5) is 12.5. The molecule has 0 atom stereocenters. The Morgan fingerprint density at radius 2 is 2.32 bits per heavy atom. The lowest BCUT2D eigenvalue weighted by molar-refractivity contribution is 0.0955. The second kappa shape index (κ2) is 5.87. The van der Waals surface area contributed by atoms with Crippen molar-refractivity contribution in [1.82, 2.24) is 5.32 Å². The fraction of sp³-hybridized carbons (Fsp3) is 0.143. The summed E-state index contributed by atoms with van der Waals surface area (Å²) in [5.74, 6) is -0.189. The van der Waals surface area contributed by atoms with E-state index < -0.39 is 0 Å². The molecule has 2 aromatic rings. The molecule has 0 aliphatic carbocycles. The molecule has 1 amide bonds. The average Bonchev–Trinajstić information content (AvgIpc) is 2.77. The highest BCUT2D eigenvalue weighted by atomic mass is 35.5. The zero-order valence-corrected chi connectivity index (χ0v) is 11.8. The fourth-order valence-electron chi connectivity index (χ4n) is 1.60. The number of hydrogen-bond donors (Lipinski definition) is 1. The van der Waals surface area contributed by atoms with Gasteiger partial charge in [0.15, 0.2) is 0 Å². The first kappa shape index (κ1) is 13.6. The summed E-state index contributed by atoms with van der Waals surface area (Å²) in [6.07, 6.45) is 0. The SMILES string of the molecule is Cc1csc(C(=O)NCc2cccc(C#N)c2)c1Cl. The molecule has 19 heavy (non-hydrogen) atoms. The Bertz CT molecular complexity index is 658. The van der Waals surface area contributed by atoms with Crippen LogP contribution >= 0.6 is 22.9 Å². The van der Waals surface area contributed by atoms with Crippen LogP contribution in [-0.4, -0.2) is 5.91 Å². The van der Waals surface area contributed by atoms with Crippen LogP contribution in [0.1, 0.15) is 26.4 Å². The van der Waals surface area contributed by atoms with Crippen LogP contribution in [-0.2, 0) is 6.54 Å². The van der Waals surface area contributed by atoms with Gasteiger partial charge in [-0.15, -0.1) is 11.3 Å². The van der Waals surface area contributed by atoms with Crippen LogP contribution in [0.4, 0.5) is 0 Å². The van der Waals surface area contributed by atoms with Gasteiger partial charge >= 0.3 is 0 Å². The second-order valence-electron chi connectivity index (χ2n) is 4.06. The fourth-order valence-corrected chi connectivity index (χ4v) is 2.79. The number of nitrogens with one attached hydrogen (secondary N) is 1. The summed E-state index contributed by atoms with van der Waals surface area (Å²) in [5, 5.41) is 14.0. The van der Waals surface area contributed by atoms with Crippen LogP contribution in [0.15, 0.2) is 29.6 Å². The molecule has 0 saturated heterocycles. The number of aryl methyl sites for hydroxylation is 1. The maximum absolute atomic E-state index is 12.0. The number of thiophene rings is 1. The molecular weight excluding hydrogens is 280 g/mol. The topological polar surface area (TPSA) is 52.9 Å². The van der Waals surface area contributed by atoms with E-state index in [0.717, 1.165) is 11.1 Å². The molecule has 5 heteroatoms. The lowest BCUT2D eigenvalue weighted by atomic mass is 10.1. The summed E-state index contributed by atoms with van der Waals surface area (Å²) in [6, 6.07) is 9.20. The summed E-state index contributed by atoms with van der Waals surface area (Å²) in [5.41, 5.74) is 2.37. The molecule has 0 unspecified atom stereocenters. The Morgan fingerprint density at radius 3 is 2.95 bits per heavy atom. The molecule has 1 heterocycles. The Kier molecular flexibility index (Phi) is 4.20. The van der Waals surface area contributed by atoms with E-state index in [4.69, 9.17) is 16.9 Å². The predicted molar refractivity (Wildman–Crippen MR) is 76.4 cm³/mol. The standard InChI is InChI=1S/C14H11ClN2OS/c1-9-8-19-13(12(9)15)14(18)17-7-11-4-2-3-10(5-11)6-16/h2-5,8H,7H2,1H3,(H,17,18). The van der Waals surface area contributed by atoms with Crippen LogP contribution in [0.25, 0.3) is 0 Å². The highest BCUT2D eigenvalue weighted by Crippen LogP contribution is 2.26. The molecule has 0 aliphatic heterocycles. The number of rotatable bonds is 3. The van der Waals surface area contributed by atoms with Gasteiger partial charge in [-0.1, -0.05) is 23.7 Å². The number of halogens is 1. The van der Waals surface area contributed by atoms with Crippen molar-refractivity contribution in [2.45, 2.75) is 13.5 Å². The minimum atomic E-state index is -0.189. The van der Waals surface area contributed by atoms with Crippen molar-refractivity contribution in [2.24, 2.45) is 0 Å². The molecule has 0 bridgehead atoms. The van der Waals surface area contributed by atoms with E-state index in [0.29, 0.717) is 22.0 Å². The van der Waals surface area contributed by atoms with Gasteiger partial charge in [-0.25, -0.2) is 0 Å². The Labute approximate surface area is 120 Å². The van der Waals surface area contributed by atoms with Gasteiger partial charge in [-0.2, -0.15) is 5.26 Å². The number of nitriles is 1. The van der Waals surface area contributed by atoms with Crippen molar-refractivity contribution in [3.8, 4) is 6.07 Å². The van der Waals surface area contributed by atoms with E-state index in [9.17, 15) is 4.79 Å². The molecule has 1 aromatic carbocycles. The average molecular weight is 291 g/mol. The lowest BCUT2D eigenvalue weighted by Gasteiger charge is -2.04. The molecule has 0 aliphatic rings. The van der Waals surface area contributed by atoms with Crippen LogP contribution in [0.2, 0.25) is 5.02 Å². The quantitative estimate of drug-likeness (QED) is 0.940. The Hall–Kier alpha value is -1.83. The first-order chi connectivity index (χ1) is 9.11. The second-order valence-corrected chi connectivity index (χ2v) is 5.31. The highest BCUT2D eigenvalue weighted by molar-refractivity contribution is 7.13. The molecule has 96 valence electrons. The first-order valence-electron chi connectivity index (χ1n) is 5.62. The highest BCUT2D eigenvalue weighted by Gasteiger charge is 2.14. The molecule has 0 spiro atoms. The zero-order valence-electron chi connectivity index (χ0n) is 10.2. The Morgan fingerprint density at radius 1 is 1.53 bits per heavy atom. The van der Waals surface area contributed by atoms with E-state index in [1.54, 1.807) is 18.2 Å². The van der Waals surface area contributed by atoms with Crippen molar-refractivity contribution in [3.05, 3.63) is 56.2 Å². The van der Waals surface area contributed by atoms with Gasteiger partial charge in [0.1, 0.15) is 4.88 Å². The third-order valence-corrected chi connectivity index (χ3v) is 4.31. The van der Waals surface area contributed by atoms with Crippen molar-refractivity contribution in [2.75, 3.05) is 0 Å². The van der Waals surface area contributed by atoms with E-state index in [2.05, 4.69) is 11.4 Å². The maximum Gasteiger partial charge on any atom is 0.263 e. The third kappa shape index (κ3) is 3.14. The van der Waals surface area contributed by atoms with Crippen molar-refractivity contribution >= 4 is 28.8 Å². The molecular formula is C14H11ClN2OS. The minimum absolute atomic E-state index is 0.189. The molecule has 0 fully saturated rings. The maximum atomic E-state index is 12.0. The molecule has 0 saturated carbocycles. The monoisotopic (exact) mass is 290 g/mol. The summed E-state index contributed by atoms with van der Waals surface area (Å²) in [6.45, 7) is 2.24. The summed E-state index contributed by atoms with van der Waals surface area (Å²) in [7, 11) is 0. The number of benzene rings is 1. The van der Waals surface area contributed by atoms with Crippen LogP contribution < -0.4 is 5.32 Å². The molecule has 2 rings (SSSR count). The van der Waals surface area contributed by atoms with Crippen LogP contribution in [0, 0.1) is 18.3 Å². The van der Waals surface area contributed by atoms with Gasteiger partial charge < -0.3 is 5.32 Å². The molecule has 0 radical (unpaired) electrons. The van der Waals surface area contributed by atoms with Gasteiger partial charge in [-0.05, 0) is 35.6 Å². The normalized spacial score (nSPS) is 9.95. The molecule has 3 nitrogen and oxygen atoms in total. The van der Waals surface area contributed by atoms with E-state index in [-0.39, 0.29) is 5.91 Å². The van der Waals surface area contributed by atoms with E-state index in [1.165, 1.54) is 11.3 Å². The first-order valence-corrected chi connectivity index (χ1v) is 6.88. The smallest absolute Gasteiger partial charge is 0.263 e. The number of nitrogens with zero attached hydrogens (tertiary/aromatic N) is 1. The van der Waals surface area contributed by atoms with Gasteiger partial charge in [0.05, 0.1) is 16.7 Å². The minimum Gasteiger partial charge on any atom is -0.347 e. The zero-order chi connectivity index (χ0) is 13.8. The van der Waals surface area contributed by atoms with Crippen molar-refractivity contribution in [1.29, 1.82) is 5.26 Å². The number of carbonyl (C=O) groups is 1. The van der Waals surface area contributed by atoms with Crippen LogP contribution in [0.3, 0.4) is 0 Å². The summed E-state index contributed by atoms with van der Waals surface area (Å²) < 4.78 is 0. The molecule has 1 aromatic heterocycles. The summed E-state index contributed by atoms with van der Waals surface area (Å²) >= 11 is 7.37. The predicted octanol–water partition coefficient (Wildman–Crippen LogP) is 3.51. The third-order valence-electron chi connectivity index (χ3n) is 2.61. The van der Waals surface area contributed by atoms with E-state index >= 15 is 0 Å². The van der Waals surface area contributed by atoms with Crippen LogP contribution in [0.5, 0.6) is 0 Å². The number of amides is 1. The van der Waals surface area contributed by atoms with Gasteiger partial charge in [0, 0.05) is 6.54 Å². The lowest BCUT2D eigenvalue weighted by Crippen LogP contribution is -2.22. The number of carbonyl (C=O) groups excluding carboxylic acids is 1. The van der Waals surface area contributed by atoms with Crippen molar-refractivity contribution < 1.29 is 4.79 Å². The van der Waals surface area contributed by atoms with Crippen molar-refractivity contribution in [3.63, 3.8) is 0 Å². The van der Waals surface area contributed by atoms with Gasteiger partial charge in [0.25, 0.3) is 5.91 Å². The van der Waals surface area contributed by atoms with Gasteiger partial charge in [-0.3, -0.25) is 4.79 Å².